The topological polar surface area (TPSA) is 25.8 Å². The molecule has 0 N–H and O–H groups in total. The molecule has 0 atom stereocenters. The summed E-state index contributed by atoms with van der Waals surface area (Å²) in [5.41, 5.74) is 1.76. The monoisotopic (exact) mass is 276 g/mol. The Morgan fingerprint density at radius 2 is 1.83 bits per heavy atom. The van der Waals surface area contributed by atoms with Crippen LogP contribution < -0.4 is 0 Å². The van der Waals surface area contributed by atoms with Gasteiger partial charge >= 0.3 is 0 Å². The quantitative estimate of drug-likeness (QED) is 0.682. The number of rotatable bonds is 0. The van der Waals surface area contributed by atoms with E-state index in [1.807, 2.05) is 0 Å². The molecule has 0 saturated heterocycles. The average molecular weight is 277 g/mol. The van der Waals surface area contributed by atoms with Crippen molar-refractivity contribution in [2.24, 2.45) is 0 Å². The third-order valence-electron chi connectivity index (χ3n) is 2.33. The lowest BCUT2D eigenvalue weighted by Crippen LogP contribution is -2.07. The van der Waals surface area contributed by atoms with Crippen molar-refractivity contribution in [2.45, 2.75) is 26.2 Å². The zero-order valence-corrected chi connectivity index (χ0v) is 12.1. The van der Waals surface area contributed by atoms with Gasteiger partial charge in [0, 0.05) is 17.3 Å². The normalized spacial score (nSPS) is 10.9. The molecule has 0 amide bonds. The second-order valence-corrected chi connectivity index (χ2v) is 6.58. The van der Waals surface area contributed by atoms with Crippen molar-refractivity contribution in [3.8, 4) is 11.8 Å². The van der Waals surface area contributed by atoms with Crippen molar-refractivity contribution in [1.82, 2.24) is 9.97 Å². The number of hydrogen-bond acceptors (Lipinski definition) is 3. The van der Waals surface area contributed by atoms with Crippen molar-refractivity contribution in [1.29, 1.82) is 0 Å². The standard InChI is InChI=1S/C14H13ClN2S/c1-14(2,3)12-6-11(13(15)18-12)5-4-10-7-16-9-17-8-10/h6-9H,1-3H3. The second kappa shape index (κ2) is 5.09. The van der Waals surface area contributed by atoms with Crippen LogP contribution >= 0.6 is 22.9 Å². The first kappa shape index (κ1) is 13.1. The highest BCUT2D eigenvalue weighted by Gasteiger charge is 2.18. The van der Waals surface area contributed by atoms with Crippen LogP contribution in [-0.2, 0) is 5.41 Å². The van der Waals surface area contributed by atoms with Gasteiger partial charge in [-0.05, 0) is 11.5 Å². The highest BCUT2D eigenvalue weighted by atomic mass is 35.5. The number of nitrogens with zero attached hydrogens (tertiary/aromatic N) is 2. The molecule has 4 heteroatoms. The Bertz CT molecular complexity index is 600. The van der Waals surface area contributed by atoms with Crippen LogP contribution in [0.4, 0.5) is 0 Å². The number of thiophene rings is 1. The van der Waals surface area contributed by atoms with E-state index in [4.69, 9.17) is 11.6 Å². The van der Waals surface area contributed by atoms with E-state index < -0.39 is 0 Å². The molecule has 0 saturated carbocycles. The minimum Gasteiger partial charge on any atom is -0.244 e. The minimum absolute atomic E-state index is 0.101. The maximum Gasteiger partial charge on any atom is 0.115 e. The van der Waals surface area contributed by atoms with Gasteiger partial charge in [-0.25, -0.2) is 9.97 Å². The van der Waals surface area contributed by atoms with E-state index >= 15 is 0 Å². The molecule has 0 unspecified atom stereocenters. The largest absolute Gasteiger partial charge is 0.244 e. The molecule has 2 nitrogen and oxygen atoms in total. The van der Waals surface area contributed by atoms with Crippen LogP contribution in [0.15, 0.2) is 24.8 Å². The molecule has 0 aliphatic carbocycles. The molecule has 0 radical (unpaired) electrons. The van der Waals surface area contributed by atoms with Crippen LogP contribution in [0.1, 0.15) is 36.8 Å². The fourth-order valence-electron chi connectivity index (χ4n) is 1.33. The predicted octanol–water partition coefficient (Wildman–Crippen LogP) is 3.89. The Morgan fingerprint density at radius 3 is 2.39 bits per heavy atom. The Kier molecular flexibility index (Phi) is 3.70. The first-order valence-electron chi connectivity index (χ1n) is 5.53. The summed E-state index contributed by atoms with van der Waals surface area (Å²) in [6.07, 6.45) is 4.86. The van der Waals surface area contributed by atoms with Crippen LogP contribution in [0.2, 0.25) is 4.34 Å². The molecule has 2 aromatic rings. The highest BCUT2D eigenvalue weighted by molar-refractivity contribution is 7.16. The van der Waals surface area contributed by atoms with Gasteiger partial charge in [0.15, 0.2) is 0 Å². The third kappa shape index (κ3) is 3.10. The lowest BCUT2D eigenvalue weighted by molar-refractivity contribution is 0.604. The Balaban J connectivity index is 2.31. The van der Waals surface area contributed by atoms with Crippen LogP contribution in [0, 0.1) is 11.8 Å². The first-order chi connectivity index (χ1) is 8.47. The van der Waals surface area contributed by atoms with Gasteiger partial charge in [0.25, 0.3) is 0 Å². The van der Waals surface area contributed by atoms with Gasteiger partial charge in [-0.15, -0.1) is 11.3 Å². The van der Waals surface area contributed by atoms with Crippen molar-refractivity contribution < 1.29 is 0 Å². The van der Waals surface area contributed by atoms with E-state index in [0.29, 0.717) is 0 Å². The molecular weight excluding hydrogens is 264 g/mol. The highest BCUT2D eigenvalue weighted by Crippen LogP contribution is 2.35. The summed E-state index contributed by atoms with van der Waals surface area (Å²) in [7, 11) is 0. The molecule has 0 fully saturated rings. The zero-order valence-electron chi connectivity index (χ0n) is 10.5. The van der Waals surface area contributed by atoms with Gasteiger partial charge in [0.05, 0.1) is 11.1 Å². The summed E-state index contributed by atoms with van der Waals surface area (Å²) >= 11 is 7.79. The maximum atomic E-state index is 6.20. The van der Waals surface area contributed by atoms with Gasteiger partial charge in [-0.1, -0.05) is 44.2 Å². The molecule has 0 aromatic carbocycles. The fourth-order valence-corrected chi connectivity index (χ4v) is 2.57. The minimum atomic E-state index is 0.101. The molecule has 0 spiro atoms. The Morgan fingerprint density at radius 1 is 1.17 bits per heavy atom. The molecule has 0 aliphatic heterocycles. The number of hydrogen-bond donors (Lipinski definition) is 0. The Hall–Kier alpha value is -1.37. The maximum absolute atomic E-state index is 6.20. The molecule has 92 valence electrons. The SMILES string of the molecule is CC(C)(C)c1cc(C#Cc2cncnc2)c(Cl)s1. The summed E-state index contributed by atoms with van der Waals surface area (Å²) in [4.78, 5) is 9.08. The van der Waals surface area contributed by atoms with Crippen LogP contribution in [0.5, 0.6) is 0 Å². The summed E-state index contributed by atoms with van der Waals surface area (Å²) in [6.45, 7) is 6.49. The van der Waals surface area contributed by atoms with Crippen LogP contribution in [0.25, 0.3) is 0 Å². The smallest absolute Gasteiger partial charge is 0.115 e. The van der Waals surface area contributed by atoms with Gasteiger partial charge < -0.3 is 0 Å². The third-order valence-corrected chi connectivity index (χ3v) is 4.11. The summed E-state index contributed by atoms with van der Waals surface area (Å²) < 4.78 is 0.740. The molecule has 0 bridgehead atoms. The van der Waals surface area contributed by atoms with Gasteiger partial charge in [-0.3, -0.25) is 0 Å². The van der Waals surface area contributed by atoms with Crippen molar-refractivity contribution in [3.63, 3.8) is 0 Å². The van der Waals surface area contributed by atoms with Crippen LogP contribution in [-0.4, -0.2) is 9.97 Å². The fraction of sp³-hybridized carbons (Fsp3) is 0.286. The lowest BCUT2D eigenvalue weighted by Gasteiger charge is -2.14. The second-order valence-electron chi connectivity index (χ2n) is 4.93. The van der Waals surface area contributed by atoms with Crippen molar-refractivity contribution in [2.75, 3.05) is 0 Å². The van der Waals surface area contributed by atoms with E-state index in [1.54, 1.807) is 23.7 Å². The molecule has 2 aromatic heterocycles. The van der Waals surface area contributed by atoms with Gasteiger partial charge in [0.2, 0.25) is 0 Å². The Labute approximate surface area is 116 Å². The van der Waals surface area contributed by atoms with Gasteiger partial charge in [-0.2, -0.15) is 0 Å². The summed E-state index contributed by atoms with van der Waals surface area (Å²) in [5, 5.41) is 0. The zero-order chi connectivity index (χ0) is 13.2. The van der Waals surface area contributed by atoms with Crippen LogP contribution in [0.3, 0.4) is 0 Å². The summed E-state index contributed by atoms with van der Waals surface area (Å²) in [6, 6.07) is 2.06. The molecule has 2 heterocycles. The van der Waals surface area contributed by atoms with E-state index in [2.05, 4.69) is 48.6 Å². The molecule has 18 heavy (non-hydrogen) atoms. The lowest BCUT2D eigenvalue weighted by atomic mass is 9.94. The molecule has 2 rings (SSSR count). The van der Waals surface area contributed by atoms with Crippen molar-refractivity contribution >= 4 is 22.9 Å². The number of halogens is 1. The van der Waals surface area contributed by atoms with E-state index in [1.165, 1.54) is 11.2 Å². The van der Waals surface area contributed by atoms with E-state index in [-0.39, 0.29) is 5.41 Å². The summed E-state index contributed by atoms with van der Waals surface area (Å²) in [5.74, 6) is 6.08. The first-order valence-corrected chi connectivity index (χ1v) is 6.73. The van der Waals surface area contributed by atoms with Gasteiger partial charge in [0.1, 0.15) is 10.7 Å². The predicted molar refractivity (Wildman–Crippen MR) is 76.0 cm³/mol. The van der Waals surface area contributed by atoms with E-state index in [0.717, 1.165) is 15.5 Å². The van der Waals surface area contributed by atoms with E-state index in [9.17, 15) is 0 Å². The average Bonchev–Trinajstić information content (AvgIpc) is 2.69. The van der Waals surface area contributed by atoms with Crippen molar-refractivity contribution in [3.05, 3.63) is 45.1 Å². The number of aromatic nitrogens is 2. The molecule has 0 aliphatic rings. The molecular formula is C14H13ClN2S.